The van der Waals surface area contributed by atoms with Crippen molar-refractivity contribution >= 4 is 28.9 Å². The average molecular weight is 365 g/mol. The minimum atomic E-state index is -0.592. The van der Waals surface area contributed by atoms with E-state index in [1.165, 1.54) is 0 Å². The van der Waals surface area contributed by atoms with Crippen LogP contribution in [0.15, 0.2) is 42.5 Å². The van der Waals surface area contributed by atoms with Gasteiger partial charge in [-0.25, -0.2) is 0 Å². The zero-order chi connectivity index (χ0) is 19.4. The van der Waals surface area contributed by atoms with Crippen molar-refractivity contribution in [1.29, 1.82) is 0 Å². The minimum absolute atomic E-state index is 0.505. The molecule has 1 aliphatic heterocycles. The number of para-hydroxylation sites is 1. The smallest absolute Gasteiger partial charge is 0.316 e. The number of nitrogens with one attached hydrogen (secondary N) is 1. The molecule has 0 saturated heterocycles. The number of nitrogens with zero attached hydrogens (tertiary/aromatic N) is 2. The molecule has 1 aliphatic rings. The summed E-state index contributed by atoms with van der Waals surface area (Å²) in [5.41, 5.74) is 4.70. The van der Waals surface area contributed by atoms with E-state index >= 15 is 0 Å². The van der Waals surface area contributed by atoms with Gasteiger partial charge in [-0.3, -0.25) is 9.59 Å². The lowest BCUT2D eigenvalue weighted by Gasteiger charge is -2.29. The summed E-state index contributed by atoms with van der Waals surface area (Å²) in [5, 5.41) is 2.79. The minimum Gasteiger partial charge on any atom is -0.372 e. The molecule has 0 saturated carbocycles. The first kappa shape index (κ1) is 19.0. The van der Waals surface area contributed by atoms with E-state index in [9.17, 15) is 9.59 Å². The van der Waals surface area contributed by atoms with Crippen molar-refractivity contribution in [2.24, 2.45) is 0 Å². The lowest BCUT2D eigenvalue weighted by molar-refractivity contribution is -0.134. The van der Waals surface area contributed by atoms with Crippen molar-refractivity contribution < 1.29 is 9.59 Å². The van der Waals surface area contributed by atoms with Crippen molar-refractivity contribution in [2.45, 2.75) is 33.6 Å². The summed E-state index contributed by atoms with van der Waals surface area (Å²) in [6.07, 6.45) is 1.81. The van der Waals surface area contributed by atoms with Crippen LogP contribution in [0.25, 0.3) is 0 Å². The number of hydrogen-bond donors (Lipinski definition) is 1. The molecule has 5 heteroatoms. The normalized spacial score (nSPS) is 13.1. The van der Waals surface area contributed by atoms with Gasteiger partial charge in [-0.2, -0.15) is 0 Å². The van der Waals surface area contributed by atoms with E-state index in [1.807, 2.05) is 49.4 Å². The molecule has 2 amide bonds. The Balaban J connectivity index is 1.75. The largest absolute Gasteiger partial charge is 0.372 e. The van der Waals surface area contributed by atoms with Crippen molar-refractivity contribution in [3.8, 4) is 0 Å². The van der Waals surface area contributed by atoms with Crippen molar-refractivity contribution in [1.82, 2.24) is 0 Å². The van der Waals surface area contributed by atoms with Gasteiger partial charge < -0.3 is 15.1 Å². The van der Waals surface area contributed by atoms with E-state index in [4.69, 9.17) is 0 Å². The molecular formula is C22H27N3O2. The van der Waals surface area contributed by atoms with Gasteiger partial charge in [-0.05, 0) is 69.0 Å². The van der Waals surface area contributed by atoms with Crippen LogP contribution in [0.4, 0.5) is 17.1 Å². The third-order valence-corrected chi connectivity index (χ3v) is 5.14. The number of anilines is 3. The molecule has 3 rings (SSSR count). The van der Waals surface area contributed by atoms with Gasteiger partial charge in [-0.1, -0.05) is 18.2 Å². The van der Waals surface area contributed by atoms with E-state index in [0.29, 0.717) is 12.2 Å². The van der Waals surface area contributed by atoms with Gasteiger partial charge in [0, 0.05) is 36.7 Å². The molecule has 2 aromatic rings. The topological polar surface area (TPSA) is 52.7 Å². The van der Waals surface area contributed by atoms with E-state index in [0.717, 1.165) is 48.4 Å². The highest BCUT2D eigenvalue weighted by atomic mass is 16.2. The number of benzene rings is 2. The van der Waals surface area contributed by atoms with E-state index in [2.05, 4.69) is 24.1 Å². The Morgan fingerprint density at radius 2 is 1.85 bits per heavy atom. The van der Waals surface area contributed by atoms with E-state index in [-0.39, 0.29) is 0 Å². The highest BCUT2D eigenvalue weighted by Gasteiger charge is 2.27. The van der Waals surface area contributed by atoms with Gasteiger partial charge in [0.2, 0.25) is 0 Å². The van der Waals surface area contributed by atoms with Gasteiger partial charge in [0.1, 0.15) is 0 Å². The molecule has 0 fully saturated rings. The lowest BCUT2D eigenvalue weighted by atomic mass is 10.0. The molecule has 0 unspecified atom stereocenters. The van der Waals surface area contributed by atoms with Crippen LogP contribution in [0, 0.1) is 6.92 Å². The maximum atomic E-state index is 12.7. The molecule has 27 heavy (non-hydrogen) atoms. The Hall–Kier alpha value is -2.82. The van der Waals surface area contributed by atoms with Crippen LogP contribution in [0.3, 0.4) is 0 Å². The Morgan fingerprint density at radius 3 is 2.56 bits per heavy atom. The zero-order valence-corrected chi connectivity index (χ0v) is 16.3. The lowest BCUT2D eigenvalue weighted by Crippen LogP contribution is -2.42. The maximum absolute atomic E-state index is 12.7. The number of fused-ring (bicyclic) bond motifs is 1. The van der Waals surface area contributed by atoms with Crippen LogP contribution in [0.2, 0.25) is 0 Å². The number of hydrogen-bond acceptors (Lipinski definition) is 3. The van der Waals surface area contributed by atoms with Gasteiger partial charge in [0.25, 0.3) is 0 Å². The van der Waals surface area contributed by atoms with Gasteiger partial charge in [-0.15, -0.1) is 0 Å². The summed E-state index contributed by atoms with van der Waals surface area (Å²) >= 11 is 0. The monoisotopic (exact) mass is 365 g/mol. The second-order valence-corrected chi connectivity index (χ2v) is 6.81. The molecule has 142 valence electrons. The Labute approximate surface area is 161 Å². The molecule has 0 aliphatic carbocycles. The van der Waals surface area contributed by atoms with Gasteiger partial charge in [0.05, 0.1) is 0 Å². The maximum Gasteiger partial charge on any atom is 0.316 e. The molecule has 0 bridgehead atoms. The summed E-state index contributed by atoms with van der Waals surface area (Å²) in [6.45, 7) is 8.60. The zero-order valence-electron chi connectivity index (χ0n) is 16.3. The molecule has 0 aromatic heterocycles. The fourth-order valence-electron chi connectivity index (χ4n) is 3.62. The van der Waals surface area contributed by atoms with Crippen LogP contribution in [-0.4, -0.2) is 31.4 Å². The standard InChI is InChI=1S/C22H27N3O2/c1-4-24(5-2)18-12-13-19(16(3)15-18)23-21(26)22(27)25-14-8-10-17-9-6-7-11-20(17)25/h6-7,9,11-13,15H,4-5,8,10,14H2,1-3H3,(H,23,26). The van der Waals surface area contributed by atoms with Gasteiger partial charge >= 0.3 is 11.8 Å². The second kappa shape index (κ2) is 8.25. The molecule has 1 heterocycles. The first-order chi connectivity index (χ1) is 13.0. The Morgan fingerprint density at radius 1 is 1.11 bits per heavy atom. The highest BCUT2D eigenvalue weighted by Crippen LogP contribution is 2.27. The summed E-state index contributed by atoms with van der Waals surface area (Å²) in [4.78, 5) is 29.2. The first-order valence-corrected chi connectivity index (χ1v) is 9.61. The Kier molecular flexibility index (Phi) is 5.79. The predicted octanol–water partition coefficient (Wildman–Crippen LogP) is 3.76. The average Bonchev–Trinajstić information content (AvgIpc) is 2.69. The summed E-state index contributed by atoms with van der Waals surface area (Å²) in [7, 11) is 0. The SMILES string of the molecule is CCN(CC)c1ccc(NC(=O)C(=O)N2CCCc3ccccc32)c(C)c1. The number of carbonyl (C=O) groups excluding carboxylic acids is 2. The van der Waals surface area contributed by atoms with Crippen LogP contribution < -0.4 is 15.1 Å². The molecule has 0 radical (unpaired) electrons. The Bertz CT molecular complexity index is 843. The van der Waals surface area contributed by atoms with Crippen LogP contribution in [0.1, 0.15) is 31.4 Å². The highest BCUT2D eigenvalue weighted by molar-refractivity contribution is 6.44. The summed E-state index contributed by atoms with van der Waals surface area (Å²) < 4.78 is 0. The fraction of sp³-hybridized carbons (Fsp3) is 0.364. The van der Waals surface area contributed by atoms with Crippen LogP contribution >= 0.6 is 0 Å². The molecule has 0 spiro atoms. The van der Waals surface area contributed by atoms with Crippen LogP contribution in [-0.2, 0) is 16.0 Å². The molecular weight excluding hydrogens is 338 g/mol. The third-order valence-electron chi connectivity index (χ3n) is 5.14. The van der Waals surface area contributed by atoms with E-state index in [1.54, 1.807) is 4.90 Å². The van der Waals surface area contributed by atoms with Crippen LogP contribution in [0.5, 0.6) is 0 Å². The third kappa shape index (κ3) is 3.97. The van der Waals surface area contributed by atoms with Gasteiger partial charge in [0.15, 0.2) is 0 Å². The van der Waals surface area contributed by atoms with E-state index < -0.39 is 11.8 Å². The summed E-state index contributed by atoms with van der Waals surface area (Å²) in [6, 6.07) is 13.7. The number of amides is 2. The molecule has 1 N–H and O–H groups in total. The predicted molar refractivity (Wildman–Crippen MR) is 110 cm³/mol. The molecule has 5 nitrogen and oxygen atoms in total. The number of aryl methyl sites for hydroxylation is 2. The first-order valence-electron chi connectivity index (χ1n) is 9.61. The van der Waals surface area contributed by atoms with Crippen molar-refractivity contribution in [3.63, 3.8) is 0 Å². The number of carbonyl (C=O) groups is 2. The second-order valence-electron chi connectivity index (χ2n) is 6.81. The molecule has 0 atom stereocenters. The summed E-state index contributed by atoms with van der Waals surface area (Å²) in [5.74, 6) is -1.10. The van der Waals surface area contributed by atoms with Crippen molar-refractivity contribution in [2.75, 3.05) is 34.8 Å². The molecule has 2 aromatic carbocycles. The quantitative estimate of drug-likeness (QED) is 0.840. The fourth-order valence-corrected chi connectivity index (χ4v) is 3.62. The number of rotatable bonds is 4. The van der Waals surface area contributed by atoms with Crippen molar-refractivity contribution in [3.05, 3.63) is 53.6 Å².